The third kappa shape index (κ3) is 3.56. The number of nitrogens with zero attached hydrogens (tertiary/aromatic N) is 2. The minimum absolute atomic E-state index is 0.228. The molecule has 2 heteroatoms. The van der Waals surface area contributed by atoms with Gasteiger partial charge in [-0.15, -0.1) is 0 Å². The summed E-state index contributed by atoms with van der Waals surface area (Å²) in [4.78, 5) is 0. The number of aromatic nitrogens is 1. The Balaban J connectivity index is 1.50. The summed E-state index contributed by atoms with van der Waals surface area (Å²) >= 11 is 0. The number of allylic oxidation sites excluding steroid dienone is 4. The Morgan fingerprint density at radius 3 is 1.69 bits per heavy atom. The van der Waals surface area contributed by atoms with Crippen molar-refractivity contribution in [2.24, 2.45) is 5.92 Å². The van der Waals surface area contributed by atoms with E-state index in [-0.39, 0.29) is 11.8 Å². The van der Waals surface area contributed by atoms with Crippen molar-refractivity contribution in [3.05, 3.63) is 113 Å². The minimum Gasteiger partial charge on any atom is -0.308 e. The van der Waals surface area contributed by atoms with Gasteiger partial charge in [0.1, 0.15) is 0 Å². The molecule has 0 amide bonds. The van der Waals surface area contributed by atoms with Crippen molar-refractivity contribution < 1.29 is 0 Å². The number of benzene rings is 5. The molecule has 7 aromatic rings. The zero-order valence-corrected chi connectivity index (χ0v) is 24.9. The van der Waals surface area contributed by atoms with Crippen LogP contribution >= 0.6 is 0 Å². The summed E-state index contributed by atoms with van der Waals surface area (Å²) < 4.78 is 2.51. The molecule has 2 heterocycles. The fourth-order valence-electron chi connectivity index (χ4n) is 7.31. The third-order valence-electron chi connectivity index (χ3n) is 9.72. The monoisotopic (exact) mass is 542 g/mol. The smallest absolute Gasteiger partial charge is 0.0988 e. The van der Waals surface area contributed by atoms with Crippen LogP contribution in [0, 0.1) is 17.2 Å². The molecule has 2 aromatic heterocycles. The largest absolute Gasteiger partial charge is 0.308 e. The van der Waals surface area contributed by atoms with E-state index >= 15 is 0 Å². The highest BCUT2D eigenvalue weighted by Gasteiger charge is 2.24. The van der Waals surface area contributed by atoms with Crippen LogP contribution in [0.1, 0.15) is 69.1 Å². The molecule has 1 aliphatic carbocycles. The standard InChI is InChI=1S/C40H34N2/c1-22(2)26-7-9-28-19-38-34(15-30(28)13-26)36-17-32(33-11-6-25(21-41)12-24(33)5)18-37-35-16-31-14-27(23(3)4)8-10-29(31)20-39(35)42(38)40(36)37/h6-20,22-24,33H,1-5H3. The van der Waals surface area contributed by atoms with Crippen LogP contribution in [0.4, 0.5) is 0 Å². The first-order valence-electron chi connectivity index (χ1n) is 15.2. The third-order valence-corrected chi connectivity index (χ3v) is 9.72. The molecule has 0 saturated heterocycles. The van der Waals surface area contributed by atoms with E-state index in [0.717, 1.165) is 5.57 Å². The van der Waals surface area contributed by atoms with Crippen LogP contribution in [0.5, 0.6) is 0 Å². The van der Waals surface area contributed by atoms with Crippen LogP contribution in [0.15, 0.2) is 96.6 Å². The molecule has 8 rings (SSSR count). The van der Waals surface area contributed by atoms with E-state index in [2.05, 4.69) is 130 Å². The first-order chi connectivity index (χ1) is 20.3. The topological polar surface area (TPSA) is 28.2 Å². The first kappa shape index (κ1) is 25.1. The molecule has 2 unspecified atom stereocenters. The molecule has 0 N–H and O–H groups in total. The van der Waals surface area contributed by atoms with Gasteiger partial charge in [0.2, 0.25) is 0 Å². The molecule has 0 radical (unpaired) electrons. The lowest BCUT2D eigenvalue weighted by atomic mass is 9.81. The Morgan fingerprint density at radius 2 is 1.21 bits per heavy atom. The lowest BCUT2D eigenvalue weighted by Crippen LogP contribution is -2.09. The van der Waals surface area contributed by atoms with Gasteiger partial charge in [-0.05, 0) is 98.5 Å². The van der Waals surface area contributed by atoms with E-state index in [1.54, 1.807) is 0 Å². The van der Waals surface area contributed by atoms with Crippen LogP contribution in [0.3, 0.4) is 0 Å². The molecule has 2 atom stereocenters. The number of hydrogen-bond donors (Lipinski definition) is 0. The lowest BCUT2D eigenvalue weighted by molar-refractivity contribution is 0.633. The molecule has 0 aliphatic heterocycles. The first-order valence-corrected chi connectivity index (χ1v) is 15.2. The van der Waals surface area contributed by atoms with Crippen LogP contribution in [-0.2, 0) is 0 Å². The summed E-state index contributed by atoms with van der Waals surface area (Å²) in [6.07, 6.45) is 6.34. The van der Waals surface area contributed by atoms with Crippen molar-refractivity contribution in [1.29, 1.82) is 5.26 Å². The van der Waals surface area contributed by atoms with Gasteiger partial charge in [0.05, 0.1) is 22.6 Å². The van der Waals surface area contributed by atoms with Gasteiger partial charge in [-0.1, -0.05) is 83.2 Å². The Labute approximate surface area is 246 Å². The average molecular weight is 543 g/mol. The summed E-state index contributed by atoms with van der Waals surface area (Å²) in [6, 6.07) is 30.7. The summed E-state index contributed by atoms with van der Waals surface area (Å²) in [6.45, 7) is 11.3. The zero-order chi connectivity index (χ0) is 28.9. The fraction of sp³-hybridized carbons (Fsp3) is 0.225. The molecule has 0 fully saturated rings. The van der Waals surface area contributed by atoms with Crippen molar-refractivity contribution in [2.75, 3.05) is 0 Å². The van der Waals surface area contributed by atoms with Crippen molar-refractivity contribution in [3.63, 3.8) is 0 Å². The molecule has 0 saturated carbocycles. The van der Waals surface area contributed by atoms with Gasteiger partial charge in [-0.2, -0.15) is 5.26 Å². The van der Waals surface area contributed by atoms with Gasteiger partial charge in [-0.25, -0.2) is 0 Å². The Morgan fingerprint density at radius 1 is 0.667 bits per heavy atom. The second-order valence-electron chi connectivity index (χ2n) is 13.0. The highest BCUT2D eigenvalue weighted by molar-refractivity contribution is 6.26. The van der Waals surface area contributed by atoms with Crippen molar-refractivity contribution in [1.82, 2.24) is 4.40 Å². The Hall–Kier alpha value is -4.61. The van der Waals surface area contributed by atoms with Crippen LogP contribution in [-0.4, -0.2) is 4.40 Å². The SMILES string of the molecule is CC(C)c1ccc2cc3c(cc2c1)c1cc(C2C=CC(C#N)=CC2C)cc2c4cc5cc(C(C)C)ccc5cc4n3c12. The minimum atomic E-state index is 0.228. The lowest BCUT2D eigenvalue weighted by Gasteiger charge is -2.22. The van der Waals surface area contributed by atoms with Crippen LogP contribution in [0.25, 0.3) is 59.6 Å². The summed E-state index contributed by atoms with van der Waals surface area (Å²) in [5, 5.41) is 19.9. The normalized spacial score (nSPS) is 17.6. The van der Waals surface area contributed by atoms with E-state index in [9.17, 15) is 5.26 Å². The summed E-state index contributed by atoms with van der Waals surface area (Å²) in [5.74, 6) is 1.46. The molecule has 5 aromatic carbocycles. The fourth-order valence-corrected chi connectivity index (χ4v) is 7.31. The highest BCUT2D eigenvalue weighted by atomic mass is 14.9. The van der Waals surface area contributed by atoms with Gasteiger partial charge < -0.3 is 4.40 Å². The van der Waals surface area contributed by atoms with E-state index in [0.29, 0.717) is 11.8 Å². The molecule has 1 aliphatic rings. The van der Waals surface area contributed by atoms with Gasteiger partial charge in [-0.3, -0.25) is 0 Å². The molecule has 2 nitrogen and oxygen atoms in total. The number of fused-ring (bicyclic) bond motifs is 8. The van der Waals surface area contributed by atoms with E-state index in [4.69, 9.17) is 0 Å². The molecular weight excluding hydrogens is 508 g/mol. The Kier molecular flexibility index (Phi) is 5.35. The van der Waals surface area contributed by atoms with Crippen molar-refractivity contribution in [3.8, 4) is 6.07 Å². The highest BCUT2D eigenvalue weighted by Crippen LogP contribution is 2.45. The number of rotatable bonds is 3. The molecular formula is C40H34N2. The molecule has 42 heavy (non-hydrogen) atoms. The predicted octanol–water partition coefficient (Wildman–Crippen LogP) is 11.1. The second kappa shape index (κ2) is 8.94. The quantitative estimate of drug-likeness (QED) is 0.218. The van der Waals surface area contributed by atoms with Gasteiger partial charge >= 0.3 is 0 Å². The van der Waals surface area contributed by atoms with E-state index in [1.807, 2.05) is 6.08 Å². The van der Waals surface area contributed by atoms with E-state index < -0.39 is 0 Å². The van der Waals surface area contributed by atoms with E-state index in [1.165, 1.54) is 76.3 Å². The van der Waals surface area contributed by atoms with Crippen molar-refractivity contribution >= 4 is 59.6 Å². The molecule has 0 spiro atoms. The number of hydrogen-bond acceptors (Lipinski definition) is 1. The van der Waals surface area contributed by atoms with Crippen molar-refractivity contribution in [2.45, 2.75) is 52.4 Å². The zero-order valence-electron chi connectivity index (χ0n) is 24.9. The number of nitriles is 1. The predicted molar refractivity (Wildman–Crippen MR) is 179 cm³/mol. The summed E-state index contributed by atoms with van der Waals surface area (Å²) in [7, 11) is 0. The van der Waals surface area contributed by atoms with Crippen LogP contribution in [0.2, 0.25) is 0 Å². The maximum absolute atomic E-state index is 9.50. The second-order valence-corrected chi connectivity index (χ2v) is 13.0. The molecule has 204 valence electrons. The molecule has 0 bridgehead atoms. The van der Waals surface area contributed by atoms with Gasteiger partial charge in [0.25, 0.3) is 0 Å². The van der Waals surface area contributed by atoms with Gasteiger partial charge in [0, 0.05) is 33.0 Å². The van der Waals surface area contributed by atoms with Gasteiger partial charge in [0.15, 0.2) is 0 Å². The Bertz CT molecular complexity index is 2200. The summed E-state index contributed by atoms with van der Waals surface area (Å²) in [5.41, 5.74) is 8.66. The average Bonchev–Trinajstić information content (AvgIpc) is 3.48. The van der Waals surface area contributed by atoms with Crippen LogP contribution < -0.4 is 0 Å². The maximum atomic E-state index is 9.50. The maximum Gasteiger partial charge on any atom is 0.0988 e.